The molecule has 0 aliphatic heterocycles. The van der Waals surface area contributed by atoms with Crippen LogP contribution in [0.3, 0.4) is 0 Å². The normalized spacial score (nSPS) is 14.9. The monoisotopic (exact) mass is 175 g/mol. The third-order valence-electron chi connectivity index (χ3n) is 1.41. The smallest absolute Gasteiger partial charge is 0.334 e. The van der Waals surface area contributed by atoms with Gasteiger partial charge in [0.1, 0.15) is 0 Å². The van der Waals surface area contributed by atoms with Crippen molar-refractivity contribution >= 4 is 11.9 Å². The summed E-state index contributed by atoms with van der Waals surface area (Å²) in [5.41, 5.74) is 4.99. The predicted octanol–water partition coefficient (Wildman–Crippen LogP) is -0.260. The van der Waals surface area contributed by atoms with Gasteiger partial charge in [-0.05, 0) is 13.3 Å². The zero-order valence-corrected chi connectivity index (χ0v) is 7.11. The molecule has 0 heterocycles. The molecule has 5 nitrogen and oxygen atoms in total. The molecule has 0 spiro atoms. The van der Waals surface area contributed by atoms with E-state index >= 15 is 0 Å². The van der Waals surface area contributed by atoms with Crippen LogP contribution in [-0.2, 0) is 14.3 Å². The fraction of sp³-hybridized carbons (Fsp3) is 0.714. The lowest BCUT2D eigenvalue weighted by Crippen LogP contribution is -2.40. The average Bonchev–Trinajstić information content (AvgIpc) is 2.02. The number of esters is 1. The Morgan fingerprint density at radius 3 is 2.42 bits per heavy atom. The first-order valence-electron chi connectivity index (χ1n) is 3.68. The van der Waals surface area contributed by atoms with E-state index in [1.165, 1.54) is 0 Å². The molecule has 0 fully saturated rings. The minimum absolute atomic E-state index is 0.289. The Morgan fingerprint density at radius 1 is 1.58 bits per heavy atom. The Hall–Kier alpha value is -1.10. The molecular formula is C7H13NO4. The van der Waals surface area contributed by atoms with E-state index in [4.69, 9.17) is 10.8 Å². The Balaban J connectivity index is 3.95. The summed E-state index contributed by atoms with van der Waals surface area (Å²) in [6.45, 7) is 3.50. The molecule has 0 aromatic carbocycles. The van der Waals surface area contributed by atoms with Crippen LogP contribution in [0.15, 0.2) is 0 Å². The molecule has 0 aliphatic rings. The van der Waals surface area contributed by atoms with Crippen molar-refractivity contribution < 1.29 is 19.4 Å². The number of hydrogen-bond acceptors (Lipinski definition) is 4. The van der Waals surface area contributed by atoms with E-state index in [1.807, 2.05) is 6.92 Å². The molecule has 12 heavy (non-hydrogen) atoms. The van der Waals surface area contributed by atoms with Crippen molar-refractivity contribution in [3.8, 4) is 0 Å². The number of ether oxygens (including phenoxy) is 1. The van der Waals surface area contributed by atoms with E-state index in [0.29, 0.717) is 6.42 Å². The van der Waals surface area contributed by atoms with E-state index < -0.39 is 18.0 Å². The summed E-state index contributed by atoms with van der Waals surface area (Å²) in [7, 11) is 0. The first-order valence-corrected chi connectivity index (χ1v) is 3.68. The molecule has 2 unspecified atom stereocenters. The van der Waals surface area contributed by atoms with Crippen molar-refractivity contribution in [2.45, 2.75) is 32.4 Å². The third-order valence-corrected chi connectivity index (χ3v) is 1.41. The molecule has 0 aromatic rings. The molecule has 0 amide bonds. The summed E-state index contributed by atoms with van der Waals surface area (Å²) >= 11 is 0. The fourth-order valence-electron chi connectivity index (χ4n) is 0.456. The van der Waals surface area contributed by atoms with Crippen molar-refractivity contribution in [3.05, 3.63) is 0 Å². The zero-order chi connectivity index (χ0) is 9.72. The van der Waals surface area contributed by atoms with Crippen molar-refractivity contribution in [3.63, 3.8) is 0 Å². The largest absolute Gasteiger partial charge is 0.480 e. The number of hydrogen-bond donors (Lipinski definition) is 2. The minimum Gasteiger partial charge on any atom is -0.480 e. The Labute approximate surface area is 70.5 Å². The molecule has 0 radical (unpaired) electrons. The number of rotatable bonds is 4. The van der Waals surface area contributed by atoms with Crippen LogP contribution < -0.4 is 5.73 Å². The Bertz CT molecular complexity index is 180. The van der Waals surface area contributed by atoms with Gasteiger partial charge in [-0.2, -0.15) is 0 Å². The average molecular weight is 175 g/mol. The van der Waals surface area contributed by atoms with E-state index in [-0.39, 0.29) is 6.10 Å². The highest BCUT2D eigenvalue weighted by Crippen LogP contribution is 1.97. The number of carboxylic acid groups (broad SMARTS) is 1. The molecule has 2 atom stereocenters. The topological polar surface area (TPSA) is 89.6 Å². The molecule has 0 saturated heterocycles. The second-order valence-electron chi connectivity index (χ2n) is 2.47. The van der Waals surface area contributed by atoms with E-state index in [9.17, 15) is 9.59 Å². The lowest BCUT2D eigenvalue weighted by Gasteiger charge is -2.12. The van der Waals surface area contributed by atoms with E-state index in [0.717, 1.165) is 0 Å². The van der Waals surface area contributed by atoms with Crippen LogP contribution >= 0.6 is 0 Å². The third kappa shape index (κ3) is 3.34. The van der Waals surface area contributed by atoms with Crippen LogP contribution in [0, 0.1) is 0 Å². The lowest BCUT2D eigenvalue weighted by atomic mass is 10.3. The van der Waals surface area contributed by atoms with Crippen molar-refractivity contribution in [1.82, 2.24) is 0 Å². The summed E-state index contributed by atoms with van der Waals surface area (Å²) in [6, 6.07) is -1.57. The Morgan fingerprint density at radius 2 is 2.08 bits per heavy atom. The van der Waals surface area contributed by atoms with Crippen molar-refractivity contribution in [2.24, 2.45) is 5.73 Å². The highest BCUT2D eigenvalue weighted by atomic mass is 16.5. The Kier molecular flexibility index (Phi) is 4.28. The van der Waals surface area contributed by atoms with Gasteiger partial charge < -0.3 is 15.6 Å². The maximum atomic E-state index is 10.8. The van der Waals surface area contributed by atoms with E-state index in [2.05, 4.69) is 4.74 Å². The van der Waals surface area contributed by atoms with Gasteiger partial charge in [0, 0.05) is 0 Å². The van der Waals surface area contributed by atoms with Gasteiger partial charge in [0.2, 0.25) is 6.04 Å². The number of carboxylic acids is 1. The van der Waals surface area contributed by atoms with Crippen LogP contribution in [0.4, 0.5) is 0 Å². The van der Waals surface area contributed by atoms with Crippen LogP contribution in [-0.4, -0.2) is 29.2 Å². The van der Waals surface area contributed by atoms with Gasteiger partial charge in [0.05, 0.1) is 6.10 Å². The molecule has 0 aromatic heterocycles. The summed E-state index contributed by atoms with van der Waals surface area (Å²) in [5, 5.41) is 8.31. The standard InChI is InChI=1S/C7H13NO4/c1-3-4(2)12-7(11)5(8)6(9)10/h4-5H,3,8H2,1-2H3,(H,9,10). The lowest BCUT2D eigenvalue weighted by molar-refractivity contribution is -0.156. The number of carbonyl (C=O) groups excluding carboxylic acids is 1. The molecule has 3 N–H and O–H groups in total. The van der Waals surface area contributed by atoms with Gasteiger partial charge in [-0.1, -0.05) is 6.92 Å². The van der Waals surface area contributed by atoms with Crippen LogP contribution in [0.1, 0.15) is 20.3 Å². The highest BCUT2D eigenvalue weighted by Gasteiger charge is 2.23. The molecule has 0 bridgehead atoms. The predicted molar refractivity (Wildman–Crippen MR) is 41.5 cm³/mol. The molecule has 0 rings (SSSR count). The van der Waals surface area contributed by atoms with Crippen molar-refractivity contribution in [2.75, 3.05) is 0 Å². The quantitative estimate of drug-likeness (QED) is 0.454. The second kappa shape index (κ2) is 4.71. The summed E-state index contributed by atoms with van der Waals surface area (Å²) in [6.07, 6.45) is 0.348. The molecule has 70 valence electrons. The van der Waals surface area contributed by atoms with Gasteiger partial charge in [-0.3, -0.25) is 0 Å². The summed E-state index contributed by atoms with van der Waals surface area (Å²) in [5.74, 6) is -2.26. The van der Waals surface area contributed by atoms with Gasteiger partial charge in [-0.15, -0.1) is 0 Å². The van der Waals surface area contributed by atoms with Gasteiger partial charge in [0.25, 0.3) is 0 Å². The second-order valence-corrected chi connectivity index (χ2v) is 2.47. The molecular weight excluding hydrogens is 162 g/mol. The first-order chi connectivity index (χ1) is 5.49. The van der Waals surface area contributed by atoms with Gasteiger partial charge in [-0.25, -0.2) is 9.59 Å². The van der Waals surface area contributed by atoms with Crippen LogP contribution in [0.2, 0.25) is 0 Å². The molecule has 5 heteroatoms. The molecule has 0 aliphatic carbocycles. The minimum atomic E-state index is -1.57. The van der Waals surface area contributed by atoms with Gasteiger partial charge >= 0.3 is 11.9 Å². The number of nitrogens with two attached hydrogens (primary N) is 1. The van der Waals surface area contributed by atoms with Crippen LogP contribution in [0.25, 0.3) is 0 Å². The summed E-state index contributed by atoms with van der Waals surface area (Å²) in [4.78, 5) is 21.0. The maximum Gasteiger partial charge on any atom is 0.334 e. The van der Waals surface area contributed by atoms with E-state index in [1.54, 1.807) is 6.92 Å². The fourth-order valence-corrected chi connectivity index (χ4v) is 0.456. The summed E-state index contributed by atoms with van der Waals surface area (Å²) < 4.78 is 4.68. The first kappa shape index (κ1) is 10.9. The molecule has 0 saturated carbocycles. The number of carbonyl (C=O) groups is 2. The SMILES string of the molecule is CCC(C)OC(=O)C(N)C(=O)O. The van der Waals surface area contributed by atoms with Crippen molar-refractivity contribution in [1.29, 1.82) is 0 Å². The highest BCUT2D eigenvalue weighted by molar-refractivity contribution is 5.97. The van der Waals surface area contributed by atoms with Crippen LogP contribution in [0.5, 0.6) is 0 Å². The zero-order valence-electron chi connectivity index (χ0n) is 7.11. The number of aliphatic carboxylic acids is 1. The van der Waals surface area contributed by atoms with Gasteiger partial charge in [0.15, 0.2) is 0 Å². The maximum absolute atomic E-state index is 10.8.